The number of rotatable bonds is 4. The minimum Gasteiger partial charge on any atom is -0.508 e. The van der Waals surface area contributed by atoms with Gasteiger partial charge in [-0.2, -0.15) is 0 Å². The van der Waals surface area contributed by atoms with Crippen LogP contribution in [0.25, 0.3) is 0 Å². The molecule has 2 unspecified atom stereocenters. The molecule has 0 spiro atoms. The molecule has 2 nitrogen and oxygen atoms in total. The van der Waals surface area contributed by atoms with E-state index in [2.05, 4.69) is 35.1 Å². The predicted molar refractivity (Wildman–Crippen MR) is 67.1 cm³/mol. The normalized spacial score (nSPS) is 14.8. The first kappa shape index (κ1) is 13.5. The van der Waals surface area contributed by atoms with Gasteiger partial charge in [0.1, 0.15) is 11.6 Å². The second-order valence-electron chi connectivity index (χ2n) is 4.02. The highest BCUT2D eigenvalue weighted by molar-refractivity contribution is 9.10. The minimum atomic E-state index is -0.447. The first-order valence-corrected chi connectivity index (χ1v) is 6.19. The molecule has 16 heavy (non-hydrogen) atoms. The molecule has 0 fully saturated rings. The summed E-state index contributed by atoms with van der Waals surface area (Å²) in [5.41, 5.74) is 0.702. The Bertz CT molecular complexity index is 370. The maximum atomic E-state index is 13.1. The number of phenolic OH excluding ortho intramolecular Hbond substituents is 1. The Morgan fingerprint density at radius 3 is 2.62 bits per heavy atom. The molecule has 0 saturated carbocycles. The summed E-state index contributed by atoms with van der Waals surface area (Å²) in [6.45, 7) is 6.11. The molecule has 0 aliphatic rings. The van der Waals surface area contributed by atoms with Crippen molar-refractivity contribution in [3.63, 3.8) is 0 Å². The van der Waals surface area contributed by atoms with Gasteiger partial charge in [0.2, 0.25) is 0 Å². The maximum Gasteiger partial charge on any atom is 0.141 e. The van der Waals surface area contributed by atoms with E-state index in [1.165, 1.54) is 0 Å². The molecule has 2 N–H and O–H groups in total. The van der Waals surface area contributed by atoms with Gasteiger partial charge in [-0.15, -0.1) is 0 Å². The molecule has 4 heteroatoms. The zero-order valence-electron chi connectivity index (χ0n) is 9.72. The third-order valence-electron chi connectivity index (χ3n) is 2.68. The Kier molecular flexibility index (Phi) is 4.74. The average molecular weight is 290 g/mol. The Labute approximate surface area is 104 Å². The van der Waals surface area contributed by atoms with E-state index in [1.54, 1.807) is 6.07 Å². The van der Waals surface area contributed by atoms with Crippen LogP contribution < -0.4 is 5.32 Å². The molecule has 1 aromatic rings. The molecule has 1 aromatic carbocycles. The zero-order valence-corrected chi connectivity index (χ0v) is 11.3. The summed E-state index contributed by atoms with van der Waals surface area (Å²) < 4.78 is 13.5. The lowest BCUT2D eigenvalue weighted by molar-refractivity contribution is 0.426. The molecule has 0 aliphatic carbocycles. The van der Waals surface area contributed by atoms with Gasteiger partial charge in [0.25, 0.3) is 0 Å². The Hall–Kier alpha value is -0.610. The quantitative estimate of drug-likeness (QED) is 0.885. The van der Waals surface area contributed by atoms with Crippen molar-refractivity contribution in [2.75, 3.05) is 0 Å². The third kappa shape index (κ3) is 3.19. The Balaban J connectivity index is 2.91. The van der Waals surface area contributed by atoms with E-state index in [-0.39, 0.29) is 11.8 Å². The first-order valence-electron chi connectivity index (χ1n) is 5.39. The molecule has 0 heterocycles. The average Bonchev–Trinajstić information content (AvgIpc) is 2.23. The van der Waals surface area contributed by atoms with Crippen molar-refractivity contribution in [2.24, 2.45) is 0 Å². The zero-order chi connectivity index (χ0) is 12.3. The molecule has 2 atom stereocenters. The van der Waals surface area contributed by atoms with E-state index in [0.29, 0.717) is 16.1 Å². The van der Waals surface area contributed by atoms with Crippen LogP contribution in [0.5, 0.6) is 5.75 Å². The van der Waals surface area contributed by atoms with Gasteiger partial charge in [-0.3, -0.25) is 0 Å². The van der Waals surface area contributed by atoms with Gasteiger partial charge < -0.3 is 10.4 Å². The van der Waals surface area contributed by atoms with Crippen molar-refractivity contribution in [2.45, 2.75) is 39.3 Å². The summed E-state index contributed by atoms with van der Waals surface area (Å²) in [5, 5.41) is 13.0. The highest BCUT2D eigenvalue weighted by Crippen LogP contribution is 2.30. The Morgan fingerprint density at radius 1 is 1.44 bits per heavy atom. The standard InChI is InChI=1S/C12H17BrFNO/c1-4-7(2)15-8(3)9-5-10(13)11(14)6-12(9)16/h5-8,15-16H,4H2,1-3H3. The monoisotopic (exact) mass is 289 g/mol. The fourth-order valence-electron chi connectivity index (χ4n) is 1.53. The van der Waals surface area contributed by atoms with E-state index in [0.717, 1.165) is 12.5 Å². The molecule has 0 saturated heterocycles. The van der Waals surface area contributed by atoms with Gasteiger partial charge in [0, 0.05) is 23.7 Å². The van der Waals surface area contributed by atoms with Crippen molar-refractivity contribution in [1.82, 2.24) is 5.32 Å². The lowest BCUT2D eigenvalue weighted by Gasteiger charge is -2.20. The van der Waals surface area contributed by atoms with Gasteiger partial charge in [0.15, 0.2) is 0 Å². The van der Waals surface area contributed by atoms with Gasteiger partial charge in [0.05, 0.1) is 4.47 Å². The van der Waals surface area contributed by atoms with E-state index < -0.39 is 5.82 Å². The number of aromatic hydroxyl groups is 1. The number of phenols is 1. The van der Waals surface area contributed by atoms with Crippen LogP contribution in [-0.2, 0) is 0 Å². The largest absolute Gasteiger partial charge is 0.508 e. The topological polar surface area (TPSA) is 32.3 Å². The number of hydrogen-bond acceptors (Lipinski definition) is 2. The fourth-order valence-corrected chi connectivity index (χ4v) is 1.89. The molecule has 1 rings (SSSR count). The van der Waals surface area contributed by atoms with Crippen LogP contribution in [0.4, 0.5) is 4.39 Å². The second kappa shape index (κ2) is 5.64. The fraction of sp³-hybridized carbons (Fsp3) is 0.500. The lowest BCUT2D eigenvalue weighted by atomic mass is 10.1. The molecule has 0 aromatic heterocycles. The van der Waals surface area contributed by atoms with Crippen LogP contribution >= 0.6 is 15.9 Å². The summed E-state index contributed by atoms with van der Waals surface area (Å²) in [6.07, 6.45) is 1.01. The lowest BCUT2D eigenvalue weighted by Crippen LogP contribution is -2.28. The van der Waals surface area contributed by atoms with Gasteiger partial charge in [-0.05, 0) is 42.3 Å². The summed E-state index contributed by atoms with van der Waals surface area (Å²) in [7, 11) is 0. The van der Waals surface area contributed by atoms with Crippen LogP contribution in [0.3, 0.4) is 0 Å². The SMILES string of the molecule is CCC(C)NC(C)c1cc(Br)c(F)cc1O. The second-order valence-corrected chi connectivity index (χ2v) is 4.88. The van der Waals surface area contributed by atoms with Crippen molar-refractivity contribution >= 4 is 15.9 Å². The highest BCUT2D eigenvalue weighted by atomic mass is 79.9. The van der Waals surface area contributed by atoms with Gasteiger partial charge in [-0.25, -0.2) is 4.39 Å². The van der Waals surface area contributed by atoms with Gasteiger partial charge >= 0.3 is 0 Å². The molecular formula is C12H17BrFNO. The Morgan fingerprint density at radius 2 is 2.06 bits per heavy atom. The highest BCUT2D eigenvalue weighted by Gasteiger charge is 2.14. The number of benzene rings is 1. The maximum absolute atomic E-state index is 13.1. The van der Waals surface area contributed by atoms with E-state index in [1.807, 2.05) is 6.92 Å². The van der Waals surface area contributed by atoms with Crippen molar-refractivity contribution in [1.29, 1.82) is 0 Å². The van der Waals surface area contributed by atoms with Crippen molar-refractivity contribution < 1.29 is 9.50 Å². The molecule has 0 amide bonds. The first-order chi connectivity index (χ1) is 7.45. The van der Waals surface area contributed by atoms with Crippen LogP contribution in [-0.4, -0.2) is 11.1 Å². The summed E-state index contributed by atoms with van der Waals surface area (Å²) in [5.74, 6) is -0.457. The van der Waals surface area contributed by atoms with Crippen molar-refractivity contribution in [3.05, 3.63) is 28.0 Å². The molecular weight excluding hydrogens is 273 g/mol. The van der Waals surface area contributed by atoms with Crippen molar-refractivity contribution in [3.8, 4) is 5.75 Å². The molecule has 0 aliphatic heterocycles. The predicted octanol–water partition coefficient (Wildman–Crippen LogP) is 3.74. The smallest absolute Gasteiger partial charge is 0.141 e. The number of halogens is 2. The van der Waals surface area contributed by atoms with Crippen LogP contribution in [0.2, 0.25) is 0 Å². The van der Waals surface area contributed by atoms with E-state index in [4.69, 9.17) is 0 Å². The third-order valence-corrected chi connectivity index (χ3v) is 3.29. The summed E-state index contributed by atoms with van der Waals surface area (Å²) in [4.78, 5) is 0. The minimum absolute atomic E-state index is 0.00755. The molecule has 0 bridgehead atoms. The molecule has 0 radical (unpaired) electrons. The molecule has 90 valence electrons. The summed E-state index contributed by atoms with van der Waals surface area (Å²) >= 11 is 3.12. The van der Waals surface area contributed by atoms with Gasteiger partial charge in [-0.1, -0.05) is 6.92 Å². The summed E-state index contributed by atoms with van der Waals surface area (Å²) in [6, 6.07) is 3.10. The van der Waals surface area contributed by atoms with Crippen LogP contribution in [0, 0.1) is 5.82 Å². The van der Waals surface area contributed by atoms with Crippen LogP contribution in [0.15, 0.2) is 16.6 Å². The van der Waals surface area contributed by atoms with Crippen LogP contribution in [0.1, 0.15) is 38.8 Å². The number of hydrogen-bond donors (Lipinski definition) is 2. The van der Waals surface area contributed by atoms with E-state index >= 15 is 0 Å². The number of nitrogens with one attached hydrogen (secondary N) is 1. The van der Waals surface area contributed by atoms with E-state index in [9.17, 15) is 9.50 Å².